The smallest absolute Gasteiger partial charge is 0.248 e. The Morgan fingerprint density at radius 3 is 2.29 bits per heavy atom. The van der Waals surface area contributed by atoms with E-state index < -0.39 is 33.9 Å². The van der Waals surface area contributed by atoms with Crippen molar-refractivity contribution in [2.24, 2.45) is 0 Å². The Balaban J connectivity index is 1.83. The van der Waals surface area contributed by atoms with Crippen LogP contribution in [-0.4, -0.2) is 42.5 Å². The van der Waals surface area contributed by atoms with Crippen LogP contribution in [0.15, 0.2) is 47.4 Å². The van der Waals surface area contributed by atoms with E-state index in [9.17, 15) is 18.0 Å². The molecule has 3 rings (SSSR count). The summed E-state index contributed by atoms with van der Waals surface area (Å²) in [7, 11) is -4.04. The van der Waals surface area contributed by atoms with Crippen LogP contribution in [0.4, 0.5) is 5.13 Å². The number of hydrogen-bond acceptors (Lipinski definition) is 7. The maximum Gasteiger partial charge on any atom is 0.248 e. The Hall–Kier alpha value is -2.93. The molecule has 2 amide bonds. The van der Waals surface area contributed by atoms with E-state index in [1.54, 1.807) is 38.1 Å². The monoisotopic (exact) mass is 533 g/mol. The number of nitrogens with zero attached hydrogens (tertiary/aromatic N) is 1. The van der Waals surface area contributed by atoms with Crippen molar-refractivity contribution in [3.63, 3.8) is 0 Å². The molecule has 0 radical (unpaired) electrons. The quantitative estimate of drug-likeness (QED) is 0.312. The molecule has 0 saturated carbocycles. The van der Waals surface area contributed by atoms with Gasteiger partial charge in [0, 0.05) is 0 Å². The summed E-state index contributed by atoms with van der Waals surface area (Å²) in [6, 6.07) is 10.5. The Kier molecular flexibility index (Phi) is 8.54. The Labute approximate surface area is 213 Å². The third-order valence-corrected chi connectivity index (χ3v) is 7.97. The first-order valence-electron chi connectivity index (χ1n) is 10.8. The van der Waals surface area contributed by atoms with Crippen molar-refractivity contribution in [1.82, 2.24) is 20.2 Å². The van der Waals surface area contributed by atoms with Crippen molar-refractivity contribution in [2.45, 2.75) is 51.1 Å². The van der Waals surface area contributed by atoms with Crippen LogP contribution >= 0.6 is 23.6 Å². The fraction of sp³-hybridized carbons (Fsp3) is 0.304. The van der Waals surface area contributed by atoms with Crippen LogP contribution in [0, 0.1) is 24.7 Å². The molecule has 4 N–H and O–H groups in total. The van der Waals surface area contributed by atoms with E-state index in [0.717, 1.165) is 22.5 Å². The number of anilines is 1. The van der Waals surface area contributed by atoms with Gasteiger partial charge in [0.2, 0.25) is 27.0 Å². The van der Waals surface area contributed by atoms with E-state index in [4.69, 9.17) is 12.2 Å². The first-order valence-corrected chi connectivity index (χ1v) is 13.5. The molecule has 0 spiro atoms. The Morgan fingerprint density at radius 2 is 1.71 bits per heavy atom. The number of H-pyrrole nitrogens is 1. The number of rotatable bonds is 9. The highest BCUT2D eigenvalue weighted by molar-refractivity contribution is 7.89. The zero-order valence-electron chi connectivity index (χ0n) is 19.7. The largest absolute Gasteiger partial charge is 0.343 e. The van der Waals surface area contributed by atoms with Gasteiger partial charge in [-0.1, -0.05) is 59.4 Å². The lowest BCUT2D eigenvalue weighted by Gasteiger charge is -2.22. The minimum atomic E-state index is -4.04. The van der Waals surface area contributed by atoms with Crippen LogP contribution in [0.25, 0.3) is 0 Å². The van der Waals surface area contributed by atoms with Gasteiger partial charge in [0.05, 0.1) is 4.90 Å². The third kappa shape index (κ3) is 7.04. The summed E-state index contributed by atoms with van der Waals surface area (Å²) in [5.41, 5.74) is 2.88. The number of hydrogen-bond donors (Lipinski definition) is 4. The predicted octanol–water partition coefficient (Wildman–Crippen LogP) is 3.16. The van der Waals surface area contributed by atoms with Gasteiger partial charge in [-0.25, -0.2) is 8.42 Å². The second-order valence-corrected chi connectivity index (χ2v) is 11.5. The van der Waals surface area contributed by atoms with Crippen LogP contribution in [0.5, 0.6) is 0 Å². The van der Waals surface area contributed by atoms with E-state index in [1.807, 2.05) is 25.1 Å². The molecule has 0 fully saturated rings. The highest BCUT2D eigenvalue weighted by Crippen LogP contribution is 2.22. The summed E-state index contributed by atoms with van der Waals surface area (Å²) in [5.74, 6) is -1.14. The fourth-order valence-corrected chi connectivity index (χ4v) is 6.19. The highest BCUT2D eigenvalue weighted by atomic mass is 32.2. The van der Waals surface area contributed by atoms with Crippen molar-refractivity contribution in [3.05, 3.63) is 68.7 Å². The van der Waals surface area contributed by atoms with Crippen LogP contribution in [-0.2, 0) is 26.0 Å². The summed E-state index contributed by atoms with van der Waals surface area (Å²) < 4.78 is 29.7. The molecule has 0 unspecified atom stereocenters. The summed E-state index contributed by atoms with van der Waals surface area (Å²) in [6.45, 7) is 6.83. The average Bonchev–Trinajstić information content (AvgIpc) is 3.17. The number of benzene rings is 2. The number of aryl methyl sites for hydroxylation is 3. The number of aromatic amines is 1. The molecule has 0 aliphatic rings. The molecular formula is C23H27N5O4S3. The molecule has 3 aromatic rings. The summed E-state index contributed by atoms with van der Waals surface area (Å²) in [6.07, 6.45) is 0.102. The Bertz CT molecular complexity index is 1360. The molecule has 2 atom stereocenters. The van der Waals surface area contributed by atoms with Gasteiger partial charge in [0.15, 0.2) is 3.95 Å². The van der Waals surface area contributed by atoms with E-state index >= 15 is 0 Å². The van der Waals surface area contributed by atoms with Gasteiger partial charge in [-0.05, 0) is 63.0 Å². The van der Waals surface area contributed by atoms with Crippen molar-refractivity contribution >= 4 is 50.5 Å². The lowest BCUT2D eigenvalue weighted by molar-refractivity contribution is -0.127. The van der Waals surface area contributed by atoms with Gasteiger partial charge in [0.1, 0.15) is 12.1 Å². The zero-order chi connectivity index (χ0) is 25.8. The van der Waals surface area contributed by atoms with Crippen LogP contribution < -0.4 is 15.4 Å². The molecule has 35 heavy (non-hydrogen) atoms. The number of aromatic nitrogens is 2. The second kappa shape index (κ2) is 11.2. The first kappa shape index (κ1) is 26.7. The molecule has 1 aromatic heterocycles. The van der Waals surface area contributed by atoms with Gasteiger partial charge >= 0.3 is 0 Å². The molecule has 1 heterocycles. The number of amides is 2. The maximum atomic E-state index is 13.4. The van der Waals surface area contributed by atoms with E-state index in [0.29, 0.717) is 15.1 Å². The van der Waals surface area contributed by atoms with E-state index in [1.165, 1.54) is 6.92 Å². The van der Waals surface area contributed by atoms with Crippen LogP contribution in [0.3, 0.4) is 0 Å². The zero-order valence-corrected chi connectivity index (χ0v) is 22.2. The molecule has 186 valence electrons. The van der Waals surface area contributed by atoms with Gasteiger partial charge < -0.3 is 5.32 Å². The number of carbonyl (C=O) groups is 2. The van der Waals surface area contributed by atoms with Crippen LogP contribution in [0.2, 0.25) is 0 Å². The molecule has 9 nitrogen and oxygen atoms in total. The fourth-order valence-electron chi connectivity index (χ4n) is 3.75. The topological polar surface area (TPSA) is 133 Å². The molecule has 0 aliphatic heterocycles. The molecule has 12 heteroatoms. The highest BCUT2D eigenvalue weighted by Gasteiger charge is 2.30. The number of carbonyl (C=O) groups excluding carboxylic acids is 2. The normalized spacial score (nSPS) is 13.1. The van der Waals surface area contributed by atoms with Crippen LogP contribution in [0.1, 0.15) is 29.2 Å². The van der Waals surface area contributed by atoms with Crippen molar-refractivity contribution in [1.29, 1.82) is 0 Å². The number of nitrogens with one attached hydrogen (secondary N) is 4. The summed E-state index contributed by atoms with van der Waals surface area (Å²) >= 11 is 6.03. The lowest BCUT2D eigenvalue weighted by atomic mass is 10.1. The van der Waals surface area contributed by atoms with Crippen molar-refractivity contribution in [3.8, 4) is 0 Å². The SMILES string of the molecule is Cc1cc(C)c(S(=O)(=O)N[C@@H](Cc2ccccc2)C(=O)N[C@@H](C)C(=O)Nc2n[nH]c(=S)s2)c(C)c1. The van der Waals surface area contributed by atoms with Gasteiger partial charge in [-0.15, -0.1) is 5.10 Å². The standard InChI is InChI=1S/C23H27N5O4S3/c1-13-10-14(2)19(15(3)11-13)35(31,32)28-18(12-17-8-6-5-7-9-17)21(30)24-16(4)20(29)25-22-26-27-23(33)34-22/h5-11,16,18,28H,12H2,1-4H3,(H,24,30)(H,27,33)(H,25,26,29)/t16-,18-/m0/s1. The first-order chi connectivity index (χ1) is 16.5. The minimum Gasteiger partial charge on any atom is -0.343 e. The number of sulfonamides is 1. The van der Waals surface area contributed by atoms with Crippen molar-refractivity contribution < 1.29 is 18.0 Å². The minimum absolute atomic E-state index is 0.102. The van der Waals surface area contributed by atoms with Crippen molar-refractivity contribution in [2.75, 3.05) is 5.32 Å². The average molecular weight is 534 g/mol. The van der Waals surface area contributed by atoms with E-state index in [-0.39, 0.29) is 16.4 Å². The molecular weight excluding hydrogens is 506 g/mol. The summed E-state index contributed by atoms with van der Waals surface area (Å²) in [4.78, 5) is 25.9. The summed E-state index contributed by atoms with van der Waals surface area (Å²) in [5, 5.41) is 11.9. The molecule has 0 aliphatic carbocycles. The van der Waals surface area contributed by atoms with Gasteiger partial charge in [-0.2, -0.15) is 4.72 Å². The van der Waals surface area contributed by atoms with Gasteiger partial charge in [-0.3, -0.25) is 20.0 Å². The second-order valence-electron chi connectivity index (χ2n) is 8.23. The molecule has 0 bridgehead atoms. The predicted molar refractivity (Wildman–Crippen MR) is 138 cm³/mol. The molecule has 2 aromatic carbocycles. The van der Waals surface area contributed by atoms with Gasteiger partial charge in [0.25, 0.3) is 0 Å². The van der Waals surface area contributed by atoms with E-state index in [2.05, 4.69) is 25.6 Å². The molecule has 0 saturated heterocycles. The third-order valence-electron chi connectivity index (χ3n) is 5.19. The maximum absolute atomic E-state index is 13.4. The Morgan fingerprint density at radius 1 is 1.09 bits per heavy atom. The lowest BCUT2D eigenvalue weighted by Crippen LogP contribution is -2.52.